The standard InChI is InChI=1S/C11H17N3O3S/c12-7-9-13-11(15)6-8-14-18(16,17)10-4-2-1-3-5-10/h1-5,14H,6-9,12H2,(H,13,15). The van der Waals surface area contributed by atoms with E-state index < -0.39 is 10.0 Å². The number of sulfonamides is 1. The van der Waals surface area contributed by atoms with Crippen molar-refractivity contribution in [3.05, 3.63) is 30.3 Å². The summed E-state index contributed by atoms with van der Waals surface area (Å²) in [6, 6.07) is 8.01. The molecule has 0 fully saturated rings. The van der Waals surface area contributed by atoms with E-state index in [1.54, 1.807) is 18.2 Å². The van der Waals surface area contributed by atoms with Gasteiger partial charge in [-0.1, -0.05) is 18.2 Å². The van der Waals surface area contributed by atoms with Crippen molar-refractivity contribution in [2.45, 2.75) is 11.3 Å². The van der Waals surface area contributed by atoms with Gasteiger partial charge in [0.2, 0.25) is 15.9 Å². The Labute approximate surface area is 107 Å². The lowest BCUT2D eigenvalue weighted by Gasteiger charge is -2.06. The number of hydrogen-bond acceptors (Lipinski definition) is 4. The molecular formula is C11H17N3O3S. The number of hydrogen-bond donors (Lipinski definition) is 3. The van der Waals surface area contributed by atoms with E-state index in [1.165, 1.54) is 12.1 Å². The van der Waals surface area contributed by atoms with Gasteiger partial charge in [0, 0.05) is 26.1 Å². The molecular weight excluding hydrogens is 254 g/mol. The second-order valence-electron chi connectivity index (χ2n) is 3.60. The van der Waals surface area contributed by atoms with Crippen molar-refractivity contribution < 1.29 is 13.2 Å². The molecule has 0 saturated heterocycles. The van der Waals surface area contributed by atoms with Crippen LogP contribution in [0.3, 0.4) is 0 Å². The molecule has 18 heavy (non-hydrogen) atoms. The first-order valence-corrected chi connectivity index (χ1v) is 7.06. The Balaban J connectivity index is 2.42. The van der Waals surface area contributed by atoms with Crippen molar-refractivity contribution in [2.24, 2.45) is 5.73 Å². The summed E-state index contributed by atoms with van der Waals surface area (Å²) in [4.78, 5) is 11.4. The van der Waals surface area contributed by atoms with E-state index in [-0.39, 0.29) is 23.8 Å². The summed E-state index contributed by atoms with van der Waals surface area (Å²) in [5.41, 5.74) is 5.22. The van der Waals surface area contributed by atoms with Crippen LogP contribution in [0, 0.1) is 0 Å². The summed E-state index contributed by atoms with van der Waals surface area (Å²) in [7, 11) is -3.53. The number of carbonyl (C=O) groups excluding carboxylic acids is 1. The molecule has 0 aliphatic carbocycles. The molecule has 4 N–H and O–H groups in total. The van der Waals surface area contributed by atoms with Crippen LogP contribution in [0.15, 0.2) is 35.2 Å². The Morgan fingerprint density at radius 3 is 2.44 bits per heavy atom. The highest BCUT2D eigenvalue weighted by atomic mass is 32.2. The van der Waals surface area contributed by atoms with Gasteiger partial charge in [-0.15, -0.1) is 0 Å². The van der Waals surface area contributed by atoms with E-state index in [9.17, 15) is 13.2 Å². The molecule has 0 aliphatic rings. The van der Waals surface area contributed by atoms with Crippen LogP contribution in [0.4, 0.5) is 0 Å². The zero-order valence-electron chi connectivity index (χ0n) is 9.93. The minimum Gasteiger partial charge on any atom is -0.355 e. The quantitative estimate of drug-likeness (QED) is 0.618. The largest absolute Gasteiger partial charge is 0.355 e. The molecule has 100 valence electrons. The third-order valence-corrected chi connectivity index (χ3v) is 3.64. The molecule has 0 spiro atoms. The van der Waals surface area contributed by atoms with Gasteiger partial charge < -0.3 is 11.1 Å². The average Bonchev–Trinajstić information content (AvgIpc) is 2.37. The Hall–Kier alpha value is -1.44. The number of benzene rings is 1. The fourth-order valence-corrected chi connectivity index (χ4v) is 2.33. The van der Waals surface area contributed by atoms with E-state index in [1.807, 2.05) is 0 Å². The Morgan fingerprint density at radius 1 is 1.17 bits per heavy atom. The van der Waals surface area contributed by atoms with Crippen molar-refractivity contribution in [3.8, 4) is 0 Å². The fourth-order valence-electron chi connectivity index (χ4n) is 1.28. The highest BCUT2D eigenvalue weighted by Crippen LogP contribution is 2.06. The molecule has 0 saturated carbocycles. The van der Waals surface area contributed by atoms with Gasteiger partial charge in [-0.2, -0.15) is 0 Å². The van der Waals surface area contributed by atoms with Gasteiger partial charge in [0.05, 0.1) is 4.90 Å². The Kier molecular flexibility index (Phi) is 5.76. The molecule has 0 radical (unpaired) electrons. The first-order chi connectivity index (χ1) is 8.56. The van der Waals surface area contributed by atoms with Gasteiger partial charge in [0.15, 0.2) is 0 Å². The number of rotatable bonds is 7. The topological polar surface area (TPSA) is 101 Å². The summed E-state index contributed by atoms with van der Waals surface area (Å²) in [6.45, 7) is 0.819. The molecule has 0 atom stereocenters. The van der Waals surface area contributed by atoms with Gasteiger partial charge in [0.25, 0.3) is 0 Å². The molecule has 6 nitrogen and oxygen atoms in total. The number of nitrogens with one attached hydrogen (secondary N) is 2. The molecule has 0 aliphatic heterocycles. The van der Waals surface area contributed by atoms with Crippen molar-refractivity contribution in [1.82, 2.24) is 10.0 Å². The van der Waals surface area contributed by atoms with Crippen molar-refractivity contribution >= 4 is 15.9 Å². The van der Waals surface area contributed by atoms with Crippen molar-refractivity contribution in [3.63, 3.8) is 0 Å². The highest BCUT2D eigenvalue weighted by Gasteiger charge is 2.12. The third-order valence-electron chi connectivity index (χ3n) is 2.16. The van der Waals surface area contributed by atoms with Crippen molar-refractivity contribution in [1.29, 1.82) is 0 Å². The van der Waals surface area contributed by atoms with Crippen LogP contribution in [0.25, 0.3) is 0 Å². The van der Waals surface area contributed by atoms with Gasteiger partial charge in [0.1, 0.15) is 0 Å². The molecule has 7 heteroatoms. The van der Waals surface area contributed by atoms with Crippen LogP contribution in [0.1, 0.15) is 6.42 Å². The minimum absolute atomic E-state index is 0.0631. The van der Waals surface area contributed by atoms with Crippen LogP contribution >= 0.6 is 0 Å². The molecule has 0 unspecified atom stereocenters. The van der Waals surface area contributed by atoms with E-state index in [0.29, 0.717) is 13.1 Å². The monoisotopic (exact) mass is 271 g/mol. The molecule has 0 heterocycles. The summed E-state index contributed by atoms with van der Waals surface area (Å²) >= 11 is 0. The maximum Gasteiger partial charge on any atom is 0.240 e. The SMILES string of the molecule is NCCNC(=O)CCNS(=O)(=O)c1ccccc1. The fraction of sp³-hybridized carbons (Fsp3) is 0.364. The second kappa shape index (κ2) is 7.10. The van der Waals surface area contributed by atoms with Crippen LogP contribution in [-0.2, 0) is 14.8 Å². The maximum atomic E-state index is 11.8. The van der Waals surface area contributed by atoms with Gasteiger partial charge in [-0.25, -0.2) is 13.1 Å². The van der Waals surface area contributed by atoms with E-state index >= 15 is 0 Å². The number of nitrogens with two attached hydrogens (primary N) is 1. The molecule has 1 aromatic carbocycles. The van der Waals surface area contributed by atoms with Gasteiger partial charge >= 0.3 is 0 Å². The second-order valence-corrected chi connectivity index (χ2v) is 5.37. The summed E-state index contributed by atoms with van der Waals surface area (Å²) in [5.74, 6) is -0.226. The highest BCUT2D eigenvalue weighted by molar-refractivity contribution is 7.89. The van der Waals surface area contributed by atoms with Gasteiger partial charge in [-0.05, 0) is 12.1 Å². The Morgan fingerprint density at radius 2 is 1.83 bits per heavy atom. The first-order valence-electron chi connectivity index (χ1n) is 5.58. The first kappa shape index (κ1) is 14.6. The zero-order valence-corrected chi connectivity index (χ0v) is 10.7. The average molecular weight is 271 g/mol. The van der Waals surface area contributed by atoms with E-state index in [0.717, 1.165) is 0 Å². The minimum atomic E-state index is -3.53. The normalized spacial score (nSPS) is 11.2. The lowest BCUT2D eigenvalue weighted by Crippen LogP contribution is -2.33. The molecule has 0 bridgehead atoms. The predicted molar refractivity (Wildman–Crippen MR) is 68.3 cm³/mol. The predicted octanol–water partition coefficient (Wildman–Crippen LogP) is -0.570. The maximum absolute atomic E-state index is 11.8. The summed E-state index contributed by atoms with van der Waals surface area (Å²) in [6.07, 6.45) is 0.0893. The zero-order chi connectivity index (χ0) is 13.4. The smallest absolute Gasteiger partial charge is 0.240 e. The van der Waals surface area contributed by atoms with E-state index in [2.05, 4.69) is 10.0 Å². The van der Waals surface area contributed by atoms with Crippen LogP contribution in [0.2, 0.25) is 0 Å². The molecule has 1 rings (SSSR count). The van der Waals surface area contributed by atoms with Crippen LogP contribution < -0.4 is 15.8 Å². The molecule has 0 aromatic heterocycles. The van der Waals surface area contributed by atoms with Crippen molar-refractivity contribution in [2.75, 3.05) is 19.6 Å². The molecule has 1 amide bonds. The van der Waals surface area contributed by atoms with Crippen LogP contribution in [-0.4, -0.2) is 34.0 Å². The third kappa shape index (κ3) is 4.82. The summed E-state index contributed by atoms with van der Waals surface area (Å²) in [5, 5.41) is 2.56. The Bertz CT molecular complexity index is 474. The number of carbonyl (C=O) groups is 1. The lowest BCUT2D eigenvalue weighted by molar-refractivity contribution is -0.120. The summed E-state index contributed by atoms with van der Waals surface area (Å²) < 4.78 is 25.9. The number of amides is 1. The lowest BCUT2D eigenvalue weighted by atomic mass is 10.4. The van der Waals surface area contributed by atoms with Crippen LogP contribution in [0.5, 0.6) is 0 Å². The molecule has 1 aromatic rings. The van der Waals surface area contributed by atoms with Gasteiger partial charge in [-0.3, -0.25) is 4.79 Å². The van der Waals surface area contributed by atoms with E-state index in [4.69, 9.17) is 5.73 Å².